The van der Waals surface area contributed by atoms with E-state index in [0.29, 0.717) is 21.7 Å². The van der Waals surface area contributed by atoms with Gasteiger partial charge in [-0.25, -0.2) is 0 Å². The third kappa shape index (κ3) is 3.51. The molecule has 1 amide bonds. The van der Waals surface area contributed by atoms with Crippen molar-refractivity contribution in [1.82, 2.24) is 15.1 Å². The predicted octanol–water partition coefficient (Wildman–Crippen LogP) is 2.11. The van der Waals surface area contributed by atoms with Crippen molar-refractivity contribution in [1.29, 1.82) is 0 Å². The Morgan fingerprint density at radius 3 is 2.33 bits per heavy atom. The maximum Gasteiger partial charge on any atom is 0.254 e. The Morgan fingerprint density at radius 2 is 1.76 bits per heavy atom. The largest absolute Gasteiger partial charge is 0.336 e. The highest BCUT2D eigenvalue weighted by atomic mass is 35.5. The minimum atomic E-state index is 0.0172. The van der Waals surface area contributed by atoms with Crippen LogP contribution < -0.4 is 5.32 Å². The fourth-order valence-electron chi connectivity index (χ4n) is 3.10. The minimum Gasteiger partial charge on any atom is -0.336 e. The van der Waals surface area contributed by atoms with Crippen LogP contribution in [0.2, 0.25) is 10.0 Å². The summed E-state index contributed by atoms with van der Waals surface area (Å²) < 4.78 is 0. The van der Waals surface area contributed by atoms with Crippen LogP contribution in [0.15, 0.2) is 18.2 Å². The average Bonchev–Trinajstić information content (AvgIpc) is 3.00. The van der Waals surface area contributed by atoms with E-state index < -0.39 is 0 Å². The van der Waals surface area contributed by atoms with Gasteiger partial charge in [0.05, 0.1) is 0 Å². The summed E-state index contributed by atoms with van der Waals surface area (Å²) in [5, 5.41) is 4.39. The Balaban J connectivity index is 1.62. The van der Waals surface area contributed by atoms with Gasteiger partial charge in [0.1, 0.15) is 0 Å². The lowest BCUT2D eigenvalue weighted by molar-refractivity contribution is 0.0584. The molecule has 0 spiro atoms. The van der Waals surface area contributed by atoms with Crippen molar-refractivity contribution in [2.24, 2.45) is 0 Å². The van der Waals surface area contributed by atoms with Crippen LogP contribution in [0.5, 0.6) is 0 Å². The van der Waals surface area contributed by atoms with Gasteiger partial charge in [-0.2, -0.15) is 0 Å². The van der Waals surface area contributed by atoms with E-state index in [1.54, 1.807) is 18.2 Å². The number of amides is 1. The number of nitrogens with zero attached hydrogens (tertiary/aromatic N) is 2. The molecular formula is C15H19Cl2N3O. The molecule has 6 heteroatoms. The topological polar surface area (TPSA) is 35.6 Å². The smallest absolute Gasteiger partial charge is 0.254 e. The Bertz CT molecular complexity index is 503. The van der Waals surface area contributed by atoms with Gasteiger partial charge >= 0.3 is 0 Å². The number of nitrogens with one attached hydrogen (secondary N) is 1. The lowest BCUT2D eigenvalue weighted by Gasteiger charge is -2.37. The quantitative estimate of drug-likeness (QED) is 0.903. The van der Waals surface area contributed by atoms with E-state index in [2.05, 4.69) is 10.2 Å². The van der Waals surface area contributed by atoms with Crippen molar-refractivity contribution in [2.75, 3.05) is 39.3 Å². The van der Waals surface area contributed by atoms with Crippen LogP contribution in [-0.2, 0) is 0 Å². The van der Waals surface area contributed by atoms with Gasteiger partial charge in [0.25, 0.3) is 5.91 Å². The molecule has 2 aliphatic heterocycles. The van der Waals surface area contributed by atoms with E-state index in [-0.39, 0.29) is 5.91 Å². The summed E-state index contributed by atoms with van der Waals surface area (Å²) in [4.78, 5) is 16.9. The highest BCUT2D eigenvalue weighted by Gasteiger charge is 2.28. The first kappa shape index (κ1) is 15.1. The molecule has 4 nitrogen and oxygen atoms in total. The Kier molecular flexibility index (Phi) is 4.69. The van der Waals surface area contributed by atoms with Gasteiger partial charge < -0.3 is 10.2 Å². The number of hydrogen-bond acceptors (Lipinski definition) is 3. The molecule has 2 fully saturated rings. The predicted molar refractivity (Wildman–Crippen MR) is 85.2 cm³/mol. The molecule has 1 aromatic carbocycles. The van der Waals surface area contributed by atoms with Crippen LogP contribution in [0.4, 0.5) is 0 Å². The van der Waals surface area contributed by atoms with Crippen molar-refractivity contribution in [3.63, 3.8) is 0 Å². The number of hydrogen-bond donors (Lipinski definition) is 1. The SMILES string of the molecule is O=C(c1cc(Cl)cc(Cl)c1)N1CCN(C2CCNC2)CC1. The third-order valence-electron chi connectivity index (χ3n) is 4.26. The summed E-state index contributed by atoms with van der Waals surface area (Å²) in [5.41, 5.74) is 0.573. The van der Waals surface area contributed by atoms with Crippen molar-refractivity contribution < 1.29 is 4.79 Å². The molecule has 0 radical (unpaired) electrons. The maximum atomic E-state index is 12.5. The molecule has 2 heterocycles. The second-order valence-corrected chi connectivity index (χ2v) is 6.51. The highest BCUT2D eigenvalue weighted by molar-refractivity contribution is 6.35. The van der Waals surface area contributed by atoms with Crippen molar-refractivity contribution in [2.45, 2.75) is 12.5 Å². The summed E-state index contributed by atoms with van der Waals surface area (Å²) in [7, 11) is 0. The van der Waals surface area contributed by atoms with Crippen LogP contribution >= 0.6 is 23.2 Å². The minimum absolute atomic E-state index is 0.0172. The van der Waals surface area contributed by atoms with Gasteiger partial charge in [0.2, 0.25) is 0 Å². The first-order valence-electron chi connectivity index (χ1n) is 7.33. The number of benzene rings is 1. The summed E-state index contributed by atoms with van der Waals surface area (Å²) in [5.74, 6) is 0.0172. The summed E-state index contributed by atoms with van der Waals surface area (Å²) in [6.45, 7) is 5.57. The molecular weight excluding hydrogens is 309 g/mol. The van der Waals surface area contributed by atoms with E-state index >= 15 is 0 Å². The van der Waals surface area contributed by atoms with Crippen LogP contribution in [-0.4, -0.2) is 61.0 Å². The molecule has 1 unspecified atom stereocenters. The van der Waals surface area contributed by atoms with Gasteiger partial charge in [-0.15, -0.1) is 0 Å². The second-order valence-electron chi connectivity index (χ2n) is 5.63. The van der Waals surface area contributed by atoms with E-state index in [1.807, 2.05) is 4.90 Å². The lowest BCUT2D eigenvalue weighted by Crippen LogP contribution is -2.52. The number of carbonyl (C=O) groups excluding carboxylic acids is 1. The van der Waals surface area contributed by atoms with Crippen LogP contribution in [0, 0.1) is 0 Å². The van der Waals surface area contributed by atoms with Crippen molar-refractivity contribution in [3.8, 4) is 0 Å². The number of rotatable bonds is 2. The highest BCUT2D eigenvalue weighted by Crippen LogP contribution is 2.21. The average molecular weight is 328 g/mol. The van der Waals surface area contributed by atoms with Gasteiger partial charge in [0.15, 0.2) is 0 Å². The second kappa shape index (κ2) is 6.53. The fraction of sp³-hybridized carbons (Fsp3) is 0.533. The zero-order chi connectivity index (χ0) is 14.8. The molecule has 0 saturated carbocycles. The van der Waals surface area contributed by atoms with Gasteiger partial charge in [-0.3, -0.25) is 9.69 Å². The maximum absolute atomic E-state index is 12.5. The van der Waals surface area contributed by atoms with E-state index in [0.717, 1.165) is 39.3 Å². The zero-order valence-corrected chi connectivity index (χ0v) is 13.3. The standard InChI is InChI=1S/C15H19Cl2N3O/c16-12-7-11(8-13(17)9-12)15(21)20-5-3-19(4-6-20)14-1-2-18-10-14/h7-9,14,18H,1-6,10H2. The summed E-state index contributed by atoms with van der Waals surface area (Å²) in [6, 6.07) is 5.64. The normalized spacial score (nSPS) is 23.5. The fourth-order valence-corrected chi connectivity index (χ4v) is 3.63. The third-order valence-corrected chi connectivity index (χ3v) is 4.70. The van der Waals surface area contributed by atoms with Crippen molar-refractivity contribution >= 4 is 29.1 Å². The zero-order valence-electron chi connectivity index (χ0n) is 11.8. The molecule has 0 aliphatic carbocycles. The van der Waals surface area contributed by atoms with E-state index in [4.69, 9.17) is 23.2 Å². The Labute approximate surface area is 135 Å². The molecule has 2 aliphatic rings. The van der Waals surface area contributed by atoms with Crippen LogP contribution in [0.1, 0.15) is 16.8 Å². The number of carbonyl (C=O) groups is 1. The molecule has 2 saturated heterocycles. The van der Waals surface area contributed by atoms with Gasteiger partial charge in [0, 0.05) is 54.4 Å². The van der Waals surface area contributed by atoms with Gasteiger partial charge in [-0.1, -0.05) is 23.2 Å². The monoisotopic (exact) mass is 327 g/mol. The number of piperazine rings is 1. The first-order chi connectivity index (χ1) is 10.1. The molecule has 21 heavy (non-hydrogen) atoms. The van der Waals surface area contributed by atoms with E-state index in [1.165, 1.54) is 6.42 Å². The van der Waals surface area contributed by atoms with E-state index in [9.17, 15) is 4.79 Å². The van der Waals surface area contributed by atoms with Crippen LogP contribution in [0.3, 0.4) is 0 Å². The first-order valence-corrected chi connectivity index (χ1v) is 8.09. The Morgan fingerprint density at radius 1 is 1.10 bits per heavy atom. The lowest BCUT2D eigenvalue weighted by atomic mass is 10.1. The van der Waals surface area contributed by atoms with Gasteiger partial charge in [-0.05, 0) is 31.2 Å². The molecule has 1 aromatic rings. The molecule has 1 N–H and O–H groups in total. The molecule has 1 atom stereocenters. The Hall–Kier alpha value is -0.810. The molecule has 0 bridgehead atoms. The number of halogens is 2. The molecule has 114 valence electrons. The summed E-state index contributed by atoms with van der Waals surface area (Å²) >= 11 is 11.9. The summed E-state index contributed by atoms with van der Waals surface area (Å²) in [6.07, 6.45) is 1.21. The van der Waals surface area contributed by atoms with Crippen LogP contribution in [0.25, 0.3) is 0 Å². The van der Waals surface area contributed by atoms with Crippen molar-refractivity contribution in [3.05, 3.63) is 33.8 Å². The molecule has 3 rings (SSSR count). The molecule has 0 aromatic heterocycles.